The fourth-order valence-corrected chi connectivity index (χ4v) is 5.11. The number of carbonyl (C=O) groups is 3. The van der Waals surface area contributed by atoms with E-state index < -0.39 is 0 Å². The van der Waals surface area contributed by atoms with Gasteiger partial charge in [-0.1, -0.05) is 94.9 Å². The summed E-state index contributed by atoms with van der Waals surface area (Å²) in [5.74, 6) is 0.850. The van der Waals surface area contributed by atoms with Gasteiger partial charge < -0.3 is 25.3 Å². The Hall–Kier alpha value is -4.53. The monoisotopic (exact) mass is 660 g/mol. The number of hydrogen-bond donors (Lipinski definition) is 2. The van der Waals surface area contributed by atoms with Gasteiger partial charge in [0.25, 0.3) is 5.91 Å². The van der Waals surface area contributed by atoms with Gasteiger partial charge in [-0.3, -0.25) is 4.79 Å². The number of hydrogen-bond acceptors (Lipinski definition) is 5. The predicted octanol–water partition coefficient (Wildman–Crippen LogP) is 8.43. The van der Waals surface area contributed by atoms with Crippen LogP contribution in [-0.2, 0) is 4.79 Å². The molecular formula is C39H60N6O3. The predicted molar refractivity (Wildman–Crippen MR) is 199 cm³/mol. The molecule has 264 valence electrons. The molecule has 2 aliphatic heterocycles. The van der Waals surface area contributed by atoms with E-state index in [-0.39, 0.29) is 42.1 Å². The maximum Gasteiger partial charge on any atom is 0.330 e. The second kappa shape index (κ2) is 19.3. The zero-order valence-corrected chi connectivity index (χ0v) is 31.8. The molecule has 0 saturated carbocycles. The number of benzene rings is 2. The van der Waals surface area contributed by atoms with Crippen molar-refractivity contribution in [3.8, 4) is 0 Å². The quantitative estimate of drug-likeness (QED) is 0.336. The van der Waals surface area contributed by atoms with E-state index in [0.29, 0.717) is 0 Å². The van der Waals surface area contributed by atoms with E-state index in [0.717, 1.165) is 39.5 Å². The van der Waals surface area contributed by atoms with Crippen LogP contribution in [0.2, 0.25) is 0 Å². The molecule has 2 aliphatic rings. The van der Waals surface area contributed by atoms with Crippen LogP contribution in [0.3, 0.4) is 0 Å². The second-order valence-corrected chi connectivity index (χ2v) is 12.0. The summed E-state index contributed by atoms with van der Waals surface area (Å²) in [6.07, 6.45) is 0. The van der Waals surface area contributed by atoms with Crippen LogP contribution in [0.25, 0.3) is 0 Å². The number of carbonyl (C=O) groups excluding carboxylic acids is 3. The fraction of sp³-hybridized carbons (Fsp3) is 0.462. The number of allylic oxidation sites excluding steroid dienone is 2. The molecule has 0 bridgehead atoms. The highest BCUT2D eigenvalue weighted by molar-refractivity contribution is 5.97. The van der Waals surface area contributed by atoms with Crippen molar-refractivity contribution in [3.63, 3.8) is 0 Å². The zero-order chi connectivity index (χ0) is 36.9. The summed E-state index contributed by atoms with van der Waals surface area (Å²) in [5, 5.41) is 5.99. The Bertz CT molecular complexity index is 1390. The van der Waals surface area contributed by atoms with Crippen molar-refractivity contribution in [2.45, 2.75) is 100 Å². The lowest BCUT2D eigenvalue weighted by Gasteiger charge is -2.40. The highest BCUT2D eigenvalue weighted by Gasteiger charge is 2.38. The standard InChI is InChI=1S/C18H25N3O.C17H23N3O2.2C2H6/c1-12(2)20(5)18(22)16-13(3)19-14(4)21(6)17(16)15-10-8-7-9-11-15;1-11(2)19(5)17(22)20-15(14-9-7-6-8-10-14)12(3)13(4)18-16(20)21;2*1-2/h7-12,17,19H,4H2,1-3,5-6H3;6-11,15H,1-5H3,(H,18,21);2*1-2H3. The summed E-state index contributed by atoms with van der Waals surface area (Å²) < 4.78 is 0. The maximum atomic E-state index is 13.0. The van der Waals surface area contributed by atoms with E-state index in [4.69, 9.17) is 0 Å². The highest BCUT2D eigenvalue weighted by Crippen LogP contribution is 2.36. The lowest BCUT2D eigenvalue weighted by Crippen LogP contribution is -2.54. The van der Waals surface area contributed by atoms with Crippen LogP contribution in [0.15, 0.2) is 95.6 Å². The molecule has 0 saturated heterocycles. The number of likely N-dealkylation sites (N-methyl/N-ethyl adjacent to an activating group) is 2. The molecule has 2 heterocycles. The minimum Gasteiger partial charge on any atom is -0.350 e. The topological polar surface area (TPSA) is 88.2 Å². The first-order valence-corrected chi connectivity index (χ1v) is 17.0. The molecule has 48 heavy (non-hydrogen) atoms. The number of rotatable bonds is 5. The minimum atomic E-state index is -0.380. The Morgan fingerprint density at radius 1 is 0.729 bits per heavy atom. The van der Waals surface area contributed by atoms with Gasteiger partial charge in [0.1, 0.15) is 0 Å². The third kappa shape index (κ3) is 9.75. The van der Waals surface area contributed by atoms with Gasteiger partial charge in [0.2, 0.25) is 0 Å². The van der Waals surface area contributed by atoms with Gasteiger partial charge in [-0.15, -0.1) is 0 Å². The van der Waals surface area contributed by atoms with Crippen LogP contribution in [0, 0.1) is 0 Å². The van der Waals surface area contributed by atoms with Crippen molar-refractivity contribution < 1.29 is 14.4 Å². The van der Waals surface area contributed by atoms with Crippen LogP contribution in [0.1, 0.15) is 99.4 Å². The van der Waals surface area contributed by atoms with Crippen LogP contribution < -0.4 is 10.6 Å². The summed E-state index contributed by atoms with van der Waals surface area (Å²) >= 11 is 0. The van der Waals surface area contributed by atoms with Gasteiger partial charge in [0.15, 0.2) is 0 Å². The van der Waals surface area contributed by atoms with Crippen molar-refractivity contribution in [2.24, 2.45) is 0 Å². The largest absolute Gasteiger partial charge is 0.350 e. The third-order valence-corrected chi connectivity index (χ3v) is 8.43. The molecule has 0 radical (unpaired) electrons. The Balaban J connectivity index is 0.000000435. The van der Waals surface area contributed by atoms with E-state index in [1.807, 2.05) is 144 Å². The SMILES string of the molecule is C=C1NC(C)=C(C(=O)N(C)C(C)C)C(c2ccccc2)N1C.CC.CC.CC1=C(C)C(c2ccccc2)N(C(=O)N(C)C(C)C)C(=O)N1. The maximum absolute atomic E-state index is 13.0. The van der Waals surface area contributed by atoms with Crippen molar-refractivity contribution in [1.29, 1.82) is 0 Å². The molecule has 2 unspecified atom stereocenters. The normalized spacial score (nSPS) is 17.2. The molecule has 2 N–H and O–H groups in total. The van der Waals surface area contributed by atoms with Crippen molar-refractivity contribution in [1.82, 2.24) is 30.2 Å². The summed E-state index contributed by atoms with van der Waals surface area (Å²) in [5.41, 5.74) is 5.44. The van der Waals surface area contributed by atoms with E-state index in [2.05, 4.69) is 29.3 Å². The van der Waals surface area contributed by atoms with E-state index >= 15 is 0 Å². The van der Waals surface area contributed by atoms with Gasteiger partial charge in [-0.25, -0.2) is 14.5 Å². The molecule has 0 spiro atoms. The number of imide groups is 1. The molecule has 0 aromatic heterocycles. The fourth-order valence-electron chi connectivity index (χ4n) is 5.11. The molecular weight excluding hydrogens is 600 g/mol. The van der Waals surface area contributed by atoms with Gasteiger partial charge in [-0.2, -0.15) is 0 Å². The lowest BCUT2D eigenvalue weighted by atomic mass is 9.92. The summed E-state index contributed by atoms with van der Waals surface area (Å²) in [6, 6.07) is 18.7. The van der Waals surface area contributed by atoms with Crippen molar-refractivity contribution in [3.05, 3.63) is 107 Å². The molecule has 2 aromatic rings. The van der Waals surface area contributed by atoms with E-state index in [1.165, 1.54) is 4.90 Å². The number of nitrogens with zero attached hydrogens (tertiary/aromatic N) is 4. The van der Waals surface area contributed by atoms with Gasteiger partial charge in [-0.05, 0) is 65.2 Å². The molecule has 5 amide bonds. The number of nitrogens with one attached hydrogen (secondary N) is 2. The summed E-state index contributed by atoms with van der Waals surface area (Å²) in [7, 11) is 5.52. The first-order valence-electron chi connectivity index (χ1n) is 17.0. The Morgan fingerprint density at radius 3 is 1.60 bits per heavy atom. The van der Waals surface area contributed by atoms with Crippen molar-refractivity contribution >= 4 is 18.0 Å². The van der Waals surface area contributed by atoms with Crippen LogP contribution in [0.4, 0.5) is 9.59 Å². The third-order valence-electron chi connectivity index (χ3n) is 8.43. The first-order chi connectivity index (χ1) is 22.7. The zero-order valence-electron chi connectivity index (χ0n) is 31.8. The van der Waals surface area contributed by atoms with Crippen LogP contribution >= 0.6 is 0 Å². The Kier molecular flexibility index (Phi) is 16.7. The molecule has 0 aliphatic carbocycles. The Labute approximate surface area is 290 Å². The second-order valence-electron chi connectivity index (χ2n) is 12.0. The average molecular weight is 661 g/mol. The van der Waals surface area contributed by atoms with E-state index in [9.17, 15) is 14.4 Å². The molecule has 9 heteroatoms. The first kappa shape index (κ1) is 41.5. The molecule has 9 nitrogen and oxygen atoms in total. The summed E-state index contributed by atoms with van der Waals surface area (Å²) in [4.78, 5) is 44.8. The molecule has 2 aromatic carbocycles. The smallest absolute Gasteiger partial charge is 0.330 e. The highest BCUT2D eigenvalue weighted by atomic mass is 16.2. The van der Waals surface area contributed by atoms with Gasteiger partial charge >= 0.3 is 12.1 Å². The van der Waals surface area contributed by atoms with Gasteiger partial charge in [0.05, 0.1) is 23.5 Å². The minimum absolute atomic E-state index is 0.0176. The molecule has 2 atom stereocenters. The summed E-state index contributed by atoms with van der Waals surface area (Å²) in [6.45, 7) is 25.7. The van der Waals surface area contributed by atoms with Crippen molar-refractivity contribution in [2.75, 3.05) is 21.1 Å². The molecule has 4 rings (SSSR count). The number of amides is 5. The lowest BCUT2D eigenvalue weighted by molar-refractivity contribution is -0.128. The van der Waals surface area contributed by atoms with Crippen LogP contribution in [-0.4, -0.2) is 70.8 Å². The van der Waals surface area contributed by atoms with Crippen LogP contribution in [0.5, 0.6) is 0 Å². The average Bonchev–Trinajstić information content (AvgIpc) is 3.09. The Morgan fingerprint density at radius 2 is 1.17 bits per heavy atom. The molecule has 0 fully saturated rings. The van der Waals surface area contributed by atoms with Gasteiger partial charge in [0, 0.05) is 44.6 Å². The number of urea groups is 2. The van der Waals surface area contributed by atoms with E-state index in [1.54, 1.807) is 16.8 Å².